The second-order valence-electron chi connectivity index (χ2n) is 7.32. The SMILES string of the molecule is Cc1ccc(N=C2S/C(=C/c3ccc(-c4ccc(Cl)cc4)o3)C(=O)N2C(C)C)cc1. The highest BCUT2D eigenvalue weighted by Gasteiger charge is 2.35. The van der Waals surface area contributed by atoms with Gasteiger partial charge in [-0.05, 0) is 81.1 Å². The Kier molecular flexibility index (Phi) is 5.84. The minimum Gasteiger partial charge on any atom is -0.457 e. The Balaban J connectivity index is 1.63. The number of hydrogen-bond acceptors (Lipinski definition) is 4. The predicted molar refractivity (Wildman–Crippen MR) is 125 cm³/mol. The fraction of sp³-hybridized carbons (Fsp3) is 0.167. The monoisotopic (exact) mass is 436 g/mol. The fourth-order valence-electron chi connectivity index (χ4n) is 3.08. The highest BCUT2D eigenvalue weighted by molar-refractivity contribution is 8.18. The number of rotatable bonds is 4. The lowest BCUT2D eigenvalue weighted by Crippen LogP contribution is -2.35. The summed E-state index contributed by atoms with van der Waals surface area (Å²) < 4.78 is 5.94. The van der Waals surface area contributed by atoms with Gasteiger partial charge in [0.25, 0.3) is 5.91 Å². The molecule has 1 amide bonds. The first-order valence-electron chi connectivity index (χ1n) is 9.65. The number of amides is 1. The Hall–Kier alpha value is -2.76. The maximum absolute atomic E-state index is 13.0. The Morgan fingerprint density at radius 3 is 2.40 bits per heavy atom. The van der Waals surface area contributed by atoms with E-state index in [1.807, 2.05) is 81.4 Å². The van der Waals surface area contributed by atoms with Gasteiger partial charge in [0.2, 0.25) is 0 Å². The van der Waals surface area contributed by atoms with Crippen molar-refractivity contribution in [3.05, 3.63) is 81.9 Å². The number of hydrogen-bond donors (Lipinski definition) is 0. The summed E-state index contributed by atoms with van der Waals surface area (Å²) in [7, 11) is 0. The summed E-state index contributed by atoms with van der Waals surface area (Å²) in [6.45, 7) is 6.00. The number of thioether (sulfide) groups is 1. The van der Waals surface area contributed by atoms with Gasteiger partial charge in [-0.2, -0.15) is 0 Å². The number of carbonyl (C=O) groups is 1. The van der Waals surface area contributed by atoms with Crippen LogP contribution in [0.3, 0.4) is 0 Å². The van der Waals surface area contributed by atoms with Gasteiger partial charge in [0.15, 0.2) is 5.17 Å². The van der Waals surface area contributed by atoms with Crippen molar-refractivity contribution in [2.45, 2.75) is 26.8 Å². The third-order valence-electron chi connectivity index (χ3n) is 4.64. The van der Waals surface area contributed by atoms with Gasteiger partial charge >= 0.3 is 0 Å². The Bertz CT molecular complexity index is 1130. The molecule has 6 heteroatoms. The number of nitrogens with zero attached hydrogens (tertiary/aromatic N) is 2. The van der Waals surface area contributed by atoms with Gasteiger partial charge < -0.3 is 4.42 Å². The molecule has 1 saturated heterocycles. The van der Waals surface area contributed by atoms with Crippen molar-refractivity contribution >= 4 is 46.2 Å². The van der Waals surface area contributed by atoms with E-state index in [-0.39, 0.29) is 11.9 Å². The molecule has 0 N–H and O–H groups in total. The number of halogens is 1. The zero-order valence-electron chi connectivity index (χ0n) is 16.9. The van der Waals surface area contributed by atoms with Crippen molar-refractivity contribution < 1.29 is 9.21 Å². The average molecular weight is 437 g/mol. The Morgan fingerprint density at radius 2 is 1.73 bits per heavy atom. The van der Waals surface area contributed by atoms with E-state index in [9.17, 15) is 4.79 Å². The summed E-state index contributed by atoms with van der Waals surface area (Å²) >= 11 is 7.32. The third kappa shape index (κ3) is 4.37. The summed E-state index contributed by atoms with van der Waals surface area (Å²) in [6, 6.07) is 19.1. The molecule has 0 unspecified atom stereocenters. The van der Waals surface area contributed by atoms with E-state index < -0.39 is 0 Å². The molecule has 0 spiro atoms. The van der Waals surface area contributed by atoms with E-state index in [4.69, 9.17) is 21.0 Å². The van der Waals surface area contributed by atoms with E-state index in [1.165, 1.54) is 17.3 Å². The minimum atomic E-state index is -0.0645. The van der Waals surface area contributed by atoms with Crippen LogP contribution in [0.15, 0.2) is 75.0 Å². The smallest absolute Gasteiger partial charge is 0.267 e. The first-order chi connectivity index (χ1) is 14.4. The highest BCUT2D eigenvalue weighted by atomic mass is 35.5. The van der Waals surface area contributed by atoms with Crippen LogP contribution < -0.4 is 0 Å². The minimum absolute atomic E-state index is 0.00123. The van der Waals surface area contributed by atoms with Crippen molar-refractivity contribution in [2.75, 3.05) is 0 Å². The molecule has 4 nitrogen and oxygen atoms in total. The van der Waals surface area contributed by atoms with Gasteiger partial charge in [0.1, 0.15) is 11.5 Å². The summed E-state index contributed by atoms with van der Waals surface area (Å²) in [5.74, 6) is 1.28. The lowest BCUT2D eigenvalue weighted by atomic mass is 10.2. The number of aryl methyl sites for hydroxylation is 1. The molecule has 2 heterocycles. The van der Waals surface area contributed by atoms with E-state index >= 15 is 0 Å². The highest BCUT2D eigenvalue weighted by Crippen LogP contribution is 2.36. The predicted octanol–water partition coefficient (Wildman–Crippen LogP) is 6.92. The van der Waals surface area contributed by atoms with Crippen molar-refractivity contribution in [1.29, 1.82) is 0 Å². The van der Waals surface area contributed by atoms with E-state index in [0.717, 1.165) is 17.0 Å². The molecular formula is C24H21ClN2O2S. The molecule has 0 saturated carbocycles. The molecule has 2 aromatic carbocycles. The third-order valence-corrected chi connectivity index (χ3v) is 5.88. The fourth-order valence-corrected chi connectivity index (χ4v) is 4.31. The number of amidine groups is 1. The van der Waals surface area contributed by atoms with Gasteiger partial charge in [-0.1, -0.05) is 29.3 Å². The molecule has 30 heavy (non-hydrogen) atoms. The summed E-state index contributed by atoms with van der Waals surface area (Å²) in [5, 5.41) is 1.35. The van der Waals surface area contributed by atoms with Crippen LogP contribution in [0.2, 0.25) is 5.02 Å². The molecular weight excluding hydrogens is 416 g/mol. The van der Waals surface area contributed by atoms with Gasteiger partial charge in [-0.3, -0.25) is 9.69 Å². The molecule has 1 aliphatic rings. The first-order valence-corrected chi connectivity index (χ1v) is 10.8. The molecule has 1 fully saturated rings. The lowest BCUT2D eigenvalue weighted by molar-refractivity contribution is -0.123. The second-order valence-corrected chi connectivity index (χ2v) is 8.76. The van der Waals surface area contributed by atoms with Crippen LogP contribution in [0.5, 0.6) is 0 Å². The quantitative estimate of drug-likeness (QED) is 0.417. The van der Waals surface area contributed by atoms with Crippen LogP contribution in [0.1, 0.15) is 25.2 Å². The number of furan rings is 1. The molecule has 1 aliphatic heterocycles. The number of aliphatic imine (C=N–C) groups is 1. The average Bonchev–Trinajstić information content (AvgIpc) is 3.29. The molecule has 0 bridgehead atoms. The second kappa shape index (κ2) is 8.54. The van der Waals surface area contributed by atoms with Crippen molar-refractivity contribution in [3.8, 4) is 11.3 Å². The number of carbonyl (C=O) groups excluding carboxylic acids is 1. The normalized spacial score (nSPS) is 17.0. The molecule has 0 radical (unpaired) electrons. The van der Waals surface area contributed by atoms with Crippen LogP contribution >= 0.6 is 23.4 Å². The van der Waals surface area contributed by atoms with E-state index in [2.05, 4.69) is 0 Å². The van der Waals surface area contributed by atoms with E-state index in [1.54, 1.807) is 11.0 Å². The molecule has 152 valence electrons. The van der Waals surface area contributed by atoms with Crippen LogP contribution in [-0.4, -0.2) is 22.0 Å². The molecule has 0 aliphatic carbocycles. The maximum Gasteiger partial charge on any atom is 0.267 e. The molecule has 0 atom stereocenters. The van der Waals surface area contributed by atoms with Crippen LogP contribution in [0.4, 0.5) is 5.69 Å². The van der Waals surface area contributed by atoms with Crippen molar-refractivity contribution in [3.63, 3.8) is 0 Å². The molecule has 3 aromatic rings. The van der Waals surface area contributed by atoms with Gasteiger partial charge in [0, 0.05) is 22.7 Å². The van der Waals surface area contributed by atoms with Crippen LogP contribution in [0.25, 0.3) is 17.4 Å². The van der Waals surface area contributed by atoms with Crippen molar-refractivity contribution in [2.24, 2.45) is 4.99 Å². The van der Waals surface area contributed by atoms with Gasteiger partial charge in [-0.15, -0.1) is 0 Å². The largest absolute Gasteiger partial charge is 0.457 e. The maximum atomic E-state index is 13.0. The van der Waals surface area contributed by atoms with Crippen molar-refractivity contribution in [1.82, 2.24) is 4.90 Å². The Labute approximate surface area is 185 Å². The summed E-state index contributed by atoms with van der Waals surface area (Å²) in [6.07, 6.45) is 1.78. The zero-order valence-corrected chi connectivity index (χ0v) is 18.5. The van der Waals surface area contributed by atoms with Gasteiger partial charge in [0.05, 0.1) is 10.6 Å². The lowest BCUT2D eigenvalue weighted by Gasteiger charge is -2.19. The van der Waals surface area contributed by atoms with Gasteiger partial charge in [-0.25, -0.2) is 4.99 Å². The molecule has 1 aromatic heterocycles. The van der Waals surface area contributed by atoms with E-state index in [0.29, 0.717) is 20.9 Å². The Morgan fingerprint density at radius 1 is 1.03 bits per heavy atom. The van der Waals surface area contributed by atoms with Crippen LogP contribution in [0, 0.1) is 6.92 Å². The number of benzene rings is 2. The van der Waals surface area contributed by atoms with Crippen LogP contribution in [-0.2, 0) is 4.79 Å². The first kappa shape index (κ1) is 20.5. The summed E-state index contributed by atoms with van der Waals surface area (Å²) in [5.41, 5.74) is 2.93. The summed E-state index contributed by atoms with van der Waals surface area (Å²) in [4.78, 5) is 20.0. The topological polar surface area (TPSA) is 45.8 Å². The molecule has 4 rings (SSSR count). The zero-order chi connectivity index (χ0) is 21.3. The standard InChI is InChI=1S/C24H21ClN2O2S/c1-15(2)27-23(28)22(30-24(27)26-19-10-4-16(3)5-11-19)14-20-12-13-21(29-20)17-6-8-18(25)9-7-17/h4-15H,1-3H3/b22-14+,26-24?.